The van der Waals surface area contributed by atoms with Gasteiger partial charge in [0, 0.05) is 20.1 Å². The van der Waals surface area contributed by atoms with Crippen LogP contribution in [-0.2, 0) is 16.6 Å². The molecular weight excluding hydrogens is 294 g/mol. The molecular formula is C13H23N3O2S2. The minimum atomic E-state index is -3.36. The summed E-state index contributed by atoms with van der Waals surface area (Å²) < 4.78 is 26.9. The fourth-order valence-electron chi connectivity index (χ4n) is 2.46. The molecule has 114 valence electrons. The number of rotatable bonds is 5. The van der Waals surface area contributed by atoms with E-state index in [9.17, 15) is 8.42 Å². The summed E-state index contributed by atoms with van der Waals surface area (Å²) in [5.74, 6) is 0.458. The van der Waals surface area contributed by atoms with Crippen LogP contribution in [0.2, 0.25) is 0 Å². The van der Waals surface area contributed by atoms with Gasteiger partial charge in [0.25, 0.3) is 10.0 Å². The summed E-state index contributed by atoms with van der Waals surface area (Å²) in [5.41, 5.74) is 6.41. The summed E-state index contributed by atoms with van der Waals surface area (Å²) in [6.07, 6.45) is 2.13. The second-order valence-electron chi connectivity index (χ2n) is 5.51. The Morgan fingerprint density at radius 1 is 1.45 bits per heavy atom. The summed E-state index contributed by atoms with van der Waals surface area (Å²) in [6, 6.07) is 1.69. The van der Waals surface area contributed by atoms with Crippen molar-refractivity contribution < 1.29 is 8.42 Å². The zero-order valence-electron chi connectivity index (χ0n) is 12.1. The van der Waals surface area contributed by atoms with E-state index in [2.05, 4.69) is 11.9 Å². The van der Waals surface area contributed by atoms with E-state index in [1.807, 2.05) is 5.38 Å². The Hall–Kier alpha value is -0.470. The Bertz CT molecular complexity index is 534. The number of likely N-dealkylation sites (tertiary alicyclic amines) is 1. The Morgan fingerprint density at radius 2 is 2.10 bits per heavy atom. The molecule has 1 fully saturated rings. The molecule has 0 spiro atoms. The van der Waals surface area contributed by atoms with E-state index in [1.165, 1.54) is 15.6 Å². The number of hydrogen-bond donors (Lipinski definition) is 1. The van der Waals surface area contributed by atoms with Gasteiger partial charge in [0.05, 0.1) is 0 Å². The molecule has 1 aromatic heterocycles. The summed E-state index contributed by atoms with van der Waals surface area (Å²) in [5, 5.41) is 1.82. The lowest BCUT2D eigenvalue weighted by atomic mass is 9.97. The highest BCUT2D eigenvalue weighted by Crippen LogP contribution is 2.25. The van der Waals surface area contributed by atoms with E-state index in [0.29, 0.717) is 23.2 Å². The SMILES string of the molecule is CN1CCC(CN(C)S(=O)(=O)c2cc(CN)cs2)CC1. The lowest BCUT2D eigenvalue weighted by Crippen LogP contribution is -2.37. The van der Waals surface area contributed by atoms with Crippen molar-refractivity contribution >= 4 is 21.4 Å². The van der Waals surface area contributed by atoms with Gasteiger partial charge in [-0.05, 0) is 55.9 Å². The molecule has 1 aromatic rings. The maximum absolute atomic E-state index is 12.5. The van der Waals surface area contributed by atoms with E-state index in [1.54, 1.807) is 13.1 Å². The van der Waals surface area contributed by atoms with Crippen LogP contribution in [0.1, 0.15) is 18.4 Å². The van der Waals surface area contributed by atoms with Crippen molar-refractivity contribution in [3.8, 4) is 0 Å². The quantitative estimate of drug-likeness (QED) is 0.885. The van der Waals surface area contributed by atoms with E-state index < -0.39 is 10.0 Å². The second kappa shape index (κ2) is 6.53. The van der Waals surface area contributed by atoms with Gasteiger partial charge in [-0.1, -0.05) is 0 Å². The first kappa shape index (κ1) is 15.9. The van der Waals surface area contributed by atoms with Crippen molar-refractivity contribution in [2.75, 3.05) is 33.7 Å². The van der Waals surface area contributed by atoms with E-state index >= 15 is 0 Å². The molecule has 0 unspecified atom stereocenters. The number of hydrogen-bond acceptors (Lipinski definition) is 5. The lowest BCUT2D eigenvalue weighted by Gasteiger charge is -2.31. The molecule has 7 heteroatoms. The maximum Gasteiger partial charge on any atom is 0.252 e. The summed E-state index contributed by atoms with van der Waals surface area (Å²) in [7, 11) is 0.425. The molecule has 0 saturated carbocycles. The molecule has 2 N–H and O–H groups in total. The van der Waals surface area contributed by atoms with Crippen LogP contribution in [0.4, 0.5) is 0 Å². The highest BCUT2D eigenvalue weighted by Gasteiger charge is 2.26. The number of nitrogens with zero attached hydrogens (tertiary/aromatic N) is 2. The third-order valence-corrected chi connectivity index (χ3v) is 7.17. The van der Waals surface area contributed by atoms with Gasteiger partial charge in [-0.15, -0.1) is 11.3 Å². The molecule has 0 radical (unpaired) electrons. The van der Waals surface area contributed by atoms with Gasteiger partial charge in [0.2, 0.25) is 0 Å². The maximum atomic E-state index is 12.5. The summed E-state index contributed by atoms with van der Waals surface area (Å²) in [6.45, 7) is 3.08. The third kappa shape index (κ3) is 3.59. The second-order valence-corrected chi connectivity index (χ2v) is 8.69. The van der Waals surface area contributed by atoms with Crippen LogP contribution >= 0.6 is 11.3 Å². The predicted molar refractivity (Wildman–Crippen MR) is 82.2 cm³/mol. The fourth-order valence-corrected chi connectivity index (χ4v) is 5.13. The average molecular weight is 317 g/mol. The first-order chi connectivity index (χ1) is 9.43. The van der Waals surface area contributed by atoms with Gasteiger partial charge < -0.3 is 10.6 Å². The molecule has 1 aliphatic rings. The fraction of sp³-hybridized carbons (Fsp3) is 0.692. The average Bonchev–Trinajstić information content (AvgIpc) is 2.90. The topological polar surface area (TPSA) is 66.6 Å². The Balaban J connectivity index is 2.01. The molecule has 0 aliphatic carbocycles. The number of nitrogens with two attached hydrogens (primary N) is 1. The first-order valence-corrected chi connectivity index (χ1v) is 9.18. The Labute approximate surface area is 125 Å². The zero-order valence-corrected chi connectivity index (χ0v) is 13.7. The normalized spacial score (nSPS) is 18.8. The molecule has 20 heavy (non-hydrogen) atoms. The van der Waals surface area contributed by atoms with Crippen molar-refractivity contribution in [1.82, 2.24) is 9.21 Å². The predicted octanol–water partition coefficient (Wildman–Crippen LogP) is 1.17. The molecule has 1 aliphatic heterocycles. The highest BCUT2D eigenvalue weighted by atomic mass is 32.2. The van der Waals surface area contributed by atoms with Gasteiger partial charge in [-0.2, -0.15) is 4.31 Å². The molecule has 2 rings (SSSR count). The summed E-state index contributed by atoms with van der Waals surface area (Å²) in [4.78, 5) is 2.29. The largest absolute Gasteiger partial charge is 0.326 e. The minimum Gasteiger partial charge on any atom is -0.326 e. The highest BCUT2D eigenvalue weighted by molar-refractivity contribution is 7.91. The first-order valence-electron chi connectivity index (χ1n) is 6.86. The zero-order chi connectivity index (χ0) is 14.8. The van der Waals surface area contributed by atoms with Gasteiger partial charge in [-0.3, -0.25) is 0 Å². The Kier molecular flexibility index (Phi) is 5.19. The number of sulfonamides is 1. The van der Waals surface area contributed by atoms with Crippen LogP contribution in [0.3, 0.4) is 0 Å². The molecule has 5 nitrogen and oxygen atoms in total. The standard InChI is InChI=1S/C13H23N3O2S2/c1-15-5-3-11(4-6-15)9-16(2)20(17,18)13-7-12(8-14)10-19-13/h7,10-11H,3-6,8-9,14H2,1-2H3. The molecule has 0 bridgehead atoms. The molecule has 2 heterocycles. The molecule has 0 amide bonds. The van der Waals surface area contributed by atoms with Crippen molar-refractivity contribution in [2.24, 2.45) is 11.7 Å². The molecule has 0 atom stereocenters. The molecule has 1 saturated heterocycles. The smallest absolute Gasteiger partial charge is 0.252 e. The van der Waals surface area contributed by atoms with Gasteiger partial charge in [-0.25, -0.2) is 8.42 Å². The van der Waals surface area contributed by atoms with Gasteiger partial charge >= 0.3 is 0 Å². The van der Waals surface area contributed by atoms with Crippen molar-refractivity contribution in [2.45, 2.75) is 23.6 Å². The molecule has 0 aromatic carbocycles. The van der Waals surface area contributed by atoms with Crippen LogP contribution in [0, 0.1) is 5.92 Å². The van der Waals surface area contributed by atoms with Crippen LogP contribution < -0.4 is 5.73 Å². The van der Waals surface area contributed by atoms with Gasteiger partial charge in [0.15, 0.2) is 0 Å². The lowest BCUT2D eigenvalue weighted by molar-refractivity contribution is 0.202. The van der Waals surface area contributed by atoms with Gasteiger partial charge in [0.1, 0.15) is 4.21 Å². The third-order valence-electron chi connectivity index (χ3n) is 3.88. The minimum absolute atomic E-state index is 0.380. The van der Waals surface area contributed by atoms with Crippen LogP contribution in [0.25, 0.3) is 0 Å². The van der Waals surface area contributed by atoms with Crippen LogP contribution in [0.15, 0.2) is 15.7 Å². The Morgan fingerprint density at radius 3 is 2.65 bits per heavy atom. The van der Waals surface area contributed by atoms with E-state index in [4.69, 9.17) is 5.73 Å². The van der Waals surface area contributed by atoms with E-state index in [-0.39, 0.29) is 0 Å². The van der Waals surface area contributed by atoms with Crippen LogP contribution in [-0.4, -0.2) is 51.4 Å². The van der Waals surface area contributed by atoms with Crippen LogP contribution in [0.5, 0.6) is 0 Å². The van der Waals surface area contributed by atoms with Crippen molar-refractivity contribution in [3.63, 3.8) is 0 Å². The summed E-state index contributed by atoms with van der Waals surface area (Å²) >= 11 is 1.25. The van der Waals surface area contributed by atoms with E-state index in [0.717, 1.165) is 31.5 Å². The number of piperidine rings is 1. The van der Waals surface area contributed by atoms with Crippen molar-refractivity contribution in [3.05, 3.63) is 17.0 Å². The van der Waals surface area contributed by atoms with Crippen molar-refractivity contribution in [1.29, 1.82) is 0 Å². The monoisotopic (exact) mass is 317 g/mol. The number of thiophene rings is 1.